The quantitative estimate of drug-likeness (QED) is 0.437. The van der Waals surface area contributed by atoms with Crippen LogP contribution in [0.2, 0.25) is 0 Å². The minimum Gasteiger partial charge on any atom is -0.423 e. The van der Waals surface area contributed by atoms with Crippen LogP contribution in [0.5, 0.6) is 5.75 Å². The number of para-hydroxylation sites is 1. The smallest absolute Gasteiger partial charge is 0.345 e. The number of anilines is 1. The zero-order chi connectivity index (χ0) is 16.2. The highest BCUT2D eigenvalue weighted by atomic mass is 32.1. The van der Waals surface area contributed by atoms with Gasteiger partial charge >= 0.3 is 5.97 Å². The van der Waals surface area contributed by atoms with Crippen molar-refractivity contribution in [3.05, 3.63) is 72.3 Å². The second-order valence-corrected chi connectivity index (χ2v) is 5.37. The fourth-order valence-electron chi connectivity index (χ4n) is 2.30. The molecule has 0 heterocycles. The summed E-state index contributed by atoms with van der Waals surface area (Å²) in [5.74, 6) is 0.0125. The van der Waals surface area contributed by atoms with Gasteiger partial charge in [-0.15, -0.1) is 0 Å². The predicted molar refractivity (Wildman–Crippen MR) is 95.8 cm³/mol. The van der Waals surface area contributed by atoms with E-state index in [-0.39, 0.29) is 5.11 Å². The number of hydrogen-bond donors (Lipinski definition) is 2. The minimum absolute atomic E-state index is 0.0935. The number of carbonyl (C=O) groups is 1. The van der Waals surface area contributed by atoms with Crippen LogP contribution in [-0.4, -0.2) is 11.1 Å². The number of thiocarbonyl (C=S) groups is 1. The van der Waals surface area contributed by atoms with Crippen molar-refractivity contribution in [2.24, 2.45) is 5.73 Å². The molecule has 3 N–H and O–H groups in total. The molecule has 0 radical (unpaired) electrons. The van der Waals surface area contributed by atoms with Gasteiger partial charge in [0.2, 0.25) is 0 Å². The van der Waals surface area contributed by atoms with Crippen molar-refractivity contribution in [3.8, 4) is 5.75 Å². The van der Waals surface area contributed by atoms with E-state index < -0.39 is 5.97 Å². The molecular formula is C18H14N2O2S. The van der Waals surface area contributed by atoms with Crippen LogP contribution in [-0.2, 0) is 0 Å². The lowest BCUT2D eigenvalue weighted by atomic mass is 10.1. The molecule has 0 fully saturated rings. The molecule has 0 bridgehead atoms. The molecule has 0 unspecified atom stereocenters. The van der Waals surface area contributed by atoms with E-state index in [0.29, 0.717) is 17.0 Å². The number of rotatable bonds is 3. The second kappa shape index (κ2) is 6.46. The van der Waals surface area contributed by atoms with Crippen LogP contribution >= 0.6 is 12.2 Å². The summed E-state index contributed by atoms with van der Waals surface area (Å²) in [6.45, 7) is 0. The number of benzene rings is 3. The van der Waals surface area contributed by atoms with E-state index in [4.69, 9.17) is 22.7 Å². The molecule has 0 aromatic heterocycles. The van der Waals surface area contributed by atoms with Gasteiger partial charge in [0.15, 0.2) is 5.11 Å². The molecule has 3 rings (SSSR count). The average molecular weight is 322 g/mol. The summed E-state index contributed by atoms with van der Waals surface area (Å²) in [6, 6.07) is 20.3. The van der Waals surface area contributed by atoms with Crippen LogP contribution in [0, 0.1) is 0 Å². The molecule has 0 aliphatic carbocycles. The van der Waals surface area contributed by atoms with Crippen molar-refractivity contribution in [1.82, 2.24) is 0 Å². The first-order valence-corrected chi connectivity index (χ1v) is 7.41. The van der Waals surface area contributed by atoms with Crippen LogP contribution in [0.25, 0.3) is 10.8 Å². The normalized spacial score (nSPS) is 10.3. The van der Waals surface area contributed by atoms with Gasteiger partial charge in [0.25, 0.3) is 0 Å². The lowest BCUT2D eigenvalue weighted by Crippen LogP contribution is -2.21. The monoisotopic (exact) mass is 322 g/mol. The van der Waals surface area contributed by atoms with Gasteiger partial charge in [-0.3, -0.25) is 0 Å². The van der Waals surface area contributed by atoms with E-state index in [1.54, 1.807) is 30.3 Å². The van der Waals surface area contributed by atoms with Gasteiger partial charge in [-0.05, 0) is 47.3 Å². The predicted octanol–water partition coefficient (Wildman–Crippen LogP) is 3.71. The first-order valence-electron chi connectivity index (χ1n) is 7.00. The van der Waals surface area contributed by atoms with Gasteiger partial charge in [-0.1, -0.05) is 42.5 Å². The van der Waals surface area contributed by atoms with Gasteiger partial charge in [0.05, 0.1) is 11.3 Å². The van der Waals surface area contributed by atoms with Gasteiger partial charge < -0.3 is 15.8 Å². The van der Waals surface area contributed by atoms with E-state index in [9.17, 15) is 4.79 Å². The average Bonchev–Trinajstić information content (AvgIpc) is 2.54. The Morgan fingerprint density at radius 2 is 1.65 bits per heavy atom. The van der Waals surface area contributed by atoms with Crippen molar-refractivity contribution in [1.29, 1.82) is 0 Å². The van der Waals surface area contributed by atoms with E-state index in [0.717, 1.165) is 10.8 Å². The van der Waals surface area contributed by atoms with Crippen LogP contribution in [0.4, 0.5) is 5.69 Å². The zero-order valence-electron chi connectivity index (χ0n) is 12.2. The molecule has 23 heavy (non-hydrogen) atoms. The number of carbonyl (C=O) groups excluding carboxylic acids is 1. The molecular weight excluding hydrogens is 308 g/mol. The van der Waals surface area contributed by atoms with Crippen LogP contribution in [0.3, 0.4) is 0 Å². The van der Waals surface area contributed by atoms with E-state index >= 15 is 0 Å². The fourth-order valence-corrected chi connectivity index (χ4v) is 2.41. The molecule has 0 atom stereocenters. The Balaban J connectivity index is 1.87. The number of nitrogens with one attached hydrogen (secondary N) is 1. The van der Waals surface area contributed by atoms with Crippen molar-refractivity contribution < 1.29 is 9.53 Å². The summed E-state index contributed by atoms with van der Waals surface area (Å²) in [6.07, 6.45) is 0. The molecule has 5 heteroatoms. The first-order chi connectivity index (χ1) is 11.1. The summed E-state index contributed by atoms with van der Waals surface area (Å²) >= 11 is 4.82. The van der Waals surface area contributed by atoms with Crippen LogP contribution in [0.1, 0.15) is 10.4 Å². The molecule has 3 aromatic carbocycles. The Kier molecular flexibility index (Phi) is 4.21. The maximum absolute atomic E-state index is 12.4. The molecule has 0 saturated heterocycles. The van der Waals surface area contributed by atoms with Crippen LogP contribution < -0.4 is 15.8 Å². The van der Waals surface area contributed by atoms with Gasteiger partial charge in [-0.25, -0.2) is 4.79 Å². The highest BCUT2D eigenvalue weighted by Crippen LogP contribution is 2.23. The summed E-state index contributed by atoms with van der Waals surface area (Å²) in [7, 11) is 0. The summed E-state index contributed by atoms with van der Waals surface area (Å²) in [5.41, 5.74) is 6.36. The van der Waals surface area contributed by atoms with Crippen molar-refractivity contribution >= 4 is 39.8 Å². The second-order valence-electron chi connectivity index (χ2n) is 4.93. The number of hydrogen-bond acceptors (Lipinski definition) is 3. The topological polar surface area (TPSA) is 64.3 Å². The standard InChI is InChI=1S/C18H14N2O2S/c19-18(23)20-16-8-4-3-7-15(16)17(21)22-14-10-9-12-5-1-2-6-13(12)11-14/h1-11H,(H3,19,20,23). The summed E-state index contributed by atoms with van der Waals surface area (Å²) < 4.78 is 5.47. The number of esters is 1. The maximum Gasteiger partial charge on any atom is 0.345 e. The zero-order valence-corrected chi connectivity index (χ0v) is 13.0. The summed E-state index contributed by atoms with van der Waals surface area (Å²) in [5, 5.41) is 4.96. The molecule has 3 aromatic rings. The van der Waals surface area contributed by atoms with Gasteiger partial charge in [0.1, 0.15) is 5.75 Å². The third-order valence-electron chi connectivity index (χ3n) is 3.34. The highest BCUT2D eigenvalue weighted by Gasteiger charge is 2.14. The van der Waals surface area contributed by atoms with Gasteiger partial charge in [-0.2, -0.15) is 0 Å². The molecule has 4 nitrogen and oxygen atoms in total. The fraction of sp³-hybridized carbons (Fsp3) is 0. The Hall–Kier alpha value is -2.92. The molecule has 0 aliphatic heterocycles. The van der Waals surface area contributed by atoms with Crippen molar-refractivity contribution in [3.63, 3.8) is 0 Å². The largest absolute Gasteiger partial charge is 0.423 e. The molecule has 0 amide bonds. The minimum atomic E-state index is -0.473. The van der Waals surface area contributed by atoms with Gasteiger partial charge in [0, 0.05) is 0 Å². The lowest BCUT2D eigenvalue weighted by Gasteiger charge is -2.10. The third kappa shape index (κ3) is 3.46. The Bertz CT molecular complexity index is 893. The molecule has 114 valence electrons. The van der Waals surface area contributed by atoms with Crippen LogP contribution in [0.15, 0.2) is 66.7 Å². The molecule has 0 saturated carbocycles. The first kappa shape index (κ1) is 15.0. The van der Waals surface area contributed by atoms with Crippen molar-refractivity contribution in [2.45, 2.75) is 0 Å². The Morgan fingerprint density at radius 1 is 0.957 bits per heavy atom. The molecule has 0 aliphatic rings. The van der Waals surface area contributed by atoms with E-state index in [1.807, 2.05) is 36.4 Å². The Morgan fingerprint density at radius 3 is 2.43 bits per heavy atom. The van der Waals surface area contributed by atoms with E-state index in [1.165, 1.54) is 0 Å². The third-order valence-corrected chi connectivity index (χ3v) is 3.44. The number of ether oxygens (including phenoxy) is 1. The summed E-state index contributed by atoms with van der Waals surface area (Å²) in [4.78, 5) is 12.4. The SMILES string of the molecule is NC(=S)Nc1ccccc1C(=O)Oc1ccc2ccccc2c1. The molecule has 0 spiro atoms. The Labute approximate surface area is 138 Å². The maximum atomic E-state index is 12.4. The van der Waals surface area contributed by atoms with E-state index in [2.05, 4.69) is 5.32 Å². The number of fused-ring (bicyclic) bond motifs is 1. The lowest BCUT2D eigenvalue weighted by molar-refractivity contribution is 0.0736. The highest BCUT2D eigenvalue weighted by molar-refractivity contribution is 7.80. The number of nitrogens with two attached hydrogens (primary N) is 1. The van der Waals surface area contributed by atoms with Crippen molar-refractivity contribution in [2.75, 3.05) is 5.32 Å².